The summed E-state index contributed by atoms with van der Waals surface area (Å²) in [5.74, 6) is 0.215. The zero-order valence-corrected chi connectivity index (χ0v) is 8.74. The van der Waals surface area contributed by atoms with Gasteiger partial charge in [-0.15, -0.1) is 0 Å². The van der Waals surface area contributed by atoms with Crippen molar-refractivity contribution in [2.24, 2.45) is 0 Å². The Morgan fingerprint density at radius 3 is 2.88 bits per heavy atom. The van der Waals surface area contributed by atoms with Crippen molar-refractivity contribution in [1.82, 2.24) is 4.98 Å². The van der Waals surface area contributed by atoms with Crippen LogP contribution in [0.25, 0.3) is 11.3 Å². The molecule has 0 bridgehead atoms. The highest BCUT2D eigenvalue weighted by molar-refractivity contribution is 5.58. The summed E-state index contributed by atoms with van der Waals surface area (Å²) in [5, 5.41) is 0. The Hall–Kier alpha value is -2.04. The summed E-state index contributed by atoms with van der Waals surface area (Å²) in [6.45, 7) is 2.22. The quantitative estimate of drug-likeness (QED) is 0.866. The summed E-state index contributed by atoms with van der Waals surface area (Å²) in [6, 6.07) is 4.62. The van der Waals surface area contributed by atoms with Crippen molar-refractivity contribution in [2.75, 3.05) is 12.3 Å². The van der Waals surface area contributed by atoms with Gasteiger partial charge in [0.1, 0.15) is 0 Å². The zero-order chi connectivity index (χ0) is 11.5. The Balaban J connectivity index is 2.34. The fraction of sp³-hybridized carbons (Fsp3) is 0.182. The van der Waals surface area contributed by atoms with Gasteiger partial charge in [-0.25, -0.2) is 9.37 Å². The maximum atomic E-state index is 13.5. The highest BCUT2D eigenvalue weighted by atomic mass is 19.1. The minimum atomic E-state index is -0.436. The molecule has 16 heavy (non-hydrogen) atoms. The second kappa shape index (κ2) is 4.22. The Morgan fingerprint density at radius 2 is 2.31 bits per heavy atom. The summed E-state index contributed by atoms with van der Waals surface area (Å²) in [7, 11) is 0. The first-order valence-electron chi connectivity index (χ1n) is 4.84. The molecule has 1 aromatic heterocycles. The van der Waals surface area contributed by atoms with Crippen LogP contribution in [-0.2, 0) is 0 Å². The maximum Gasteiger partial charge on any atom is 0.292 e. The maximum absolute atomic E-state index is 13.5. The van der Waals surface area contributed by atoms with Gasteiger partial charge in [-0.1, -0.05) is 0 Å². The van der Waals surface area contributed by atoms with Crippen LogP contribution >= 0.6 is 0 Å². The van der Waals surface area contributed by atoms with E-state index < -0.39 is 5.82 Å². The van der Waals surface area contributed by atoms with Gasteiger partial charge in [0.2, 0.25) is 0 Å². The van der Waals surface area contributed by atoms with Gasteiger partial charge in [0.25, 0.3) is 6.01 Å². The van der Waals surface area contributed by atoms with Crippen molar-refractivity contribution in [2.45, 2.75) is 6.92 Å². The van der Waals surface area contributed by atoms with Gasteiger partial charge in [-0.3, -0.25) is 0 Å². The van der Waals surface area contributed by atoms with E-state index in [4.69, 9.17) is 14.9 Å². The molecular formula is C11H11FN2O2. The Labute approximate surface area is 91.9 Å². The van der Waals surface area contributed by atoms with Crippen molar-refractivity contribution < 1.29 is 13.5 Å². The van der Waals surface area contributed by atoms with Gasteiger partial charge in [-0.2, -0.15) is 0 Å². The van der Waals surface area contributed by atoms with Crippen molar-refractivity contribution >= 4 is 6.01 Å². The van der Waals surface area contributed by atoms with Crippen LogP contribution in [0.3, 0.4) is 0 Å². The number of rotatable bonds is 3. The third-order valence-corrected chi connectivity index (χ3v) is 2.04. The lowest BCUT2D eigenvalue weighted by Crippen LogP contribution is -1.94. The van der Waals surface area contributed by atoms with Crippen molar-refractivity contribution in [3.63, 3.8) is 0 Å². The van der Waals surface area contributed by atoms with Crippen LogP contribution in [0.1, 0.15) is 6.92 Å². The summed E-state index contributed by atoms with van der Waals surface area (Å²) in [5.41, 5.74) is 5.91. The number of halogens is 1. The van der Waals surface area contributed by atoms with Crippen molar-refractivity contribution in [3.05, 3.63) is 30.2 Å². The Bertz CT molecular complexity index is 496. The average Bonchev–Trinajstić information content (AvgIpc) is 2.68. The molecule has 2 aromatic rings. The molecule has 1 aromatic carbocycles. The van der Waals surface area contributed by atoms with E-state index in [0.29, 0.717) is 17.9 Å². The minimum absolute atomic E-state index is 0.0595. The molecule has 84 valence electrons. The lowest BCUT2D eigenvalue weighted by Gasteiger charge is -2.04. The molecule has 2 rings (SSSR count). The molecule has 1 heterocycles. The van der Waals surface area contributed by atoms with E-state index in [1.54, 1.807) is 19.1 Å². The van der Waals surface area contributed by atoms with Gasteiger partial charge < -0.3 is 14.9 Å². The van der Waals surface area contributed by atoms with Crippen LogP contribution in [0.4, 0.5) is 10.4 Å². The van der Waals surface area contributed by atoms with Gasteiger partial charge in [0.15, 0.2) is 17.3 Å². The first-order chi connectivity index (χ1) is 7.70. The van der Waals surface area contributed by atoms with Gasteiger partial charge in [-0.05, 0) is 25.1 Å². The summed E-state index contributed by atoms with van der Waals surface area (Å²) in [6.07, 6.45) is 1.45. The van der Waals surface area contributed by atoms with Gasteiger partial charge in [0, 0.05) is 5.56 Å². The zero-order valence-electron chi connectivity index (χ0n) is 8.74. The first kappa shape index (κ1) is 10.5. The molecule has 0 fully saturated rings. The van der Waals surface area contributed by atoms with E-state index in [1.807, 2.05) is 0 Å². The number of nitrogen functional groups attached to an aromatic ring is 1. The van der Waals surface area contributed by atoms with E-state index in [2.05, 4.69) is 4.98 Å². The van der Waals surface area contributed by atoms with Crippen molar-refractivity contribution in [1.29, 1.82) is 0 Å². The molecule has 0 amide bonds. The molecule has 0 aliphatic carbocycles. The summed E-state index contributed by atoms with van der Waals surface area (Å²) < 4.78 is 23.7. The minimum Gasteiger partial charge on any atom is -0.491 e. The lowest BCUT2D eigenvalue weighted by atomic mass is 10.2. The molecule has 0 unspecified atom stereocenters. The third-order valence-electron chi connectivity index (χ3n) is 2.04. The van der Waals surface area contributed by atoms with Crippen molar-refractivity contribution in [3.8, 4) is 17.1 Å². The number of nitrogens with two attached hydrogens (primary N) is 1. The fourth-order valence-electron chi connectivity index (χ4n) is 1.35. The molecule has 0 atom stereocenters. The largest absolute Gasteiger partial charge is 0.491 e. The monoisotopic (exact) mass is 222 g/mol. The number of hydrogen-bond donors (Lipinski definition) is 1. The second-order valence-corrected chi connectivity index (χ2v) is 3.14. The average molecular weight is 222 g/mol. The van der Waals surface area contributed by atoms with Crippen LogP contribution in [0.5, 0.6) is 5.75 Å². The second-order valence-electron chi connectivity index (χ2n) is 3.14. The number of oxazole rings is 1. The number of aromatic nitrogens is 1. The summed E-state index contributed by atoms with van der Waals surface area (Å²) >= 11 is 0. The molecule has 5 heteroatoms. The van der Waals surface area contributed by atoms with Gasteiger partial charge in [0.05, 0.1) is 12.8 Å². The van der Waals surface area contributed by atoms with E-state index in [0.717, 1.165) is 0 Å². The normalized spacial score (nSPS) is 10.4. The highest BCUT2D eigenvalue weighted by Gasteiger charge is 2.08. The number of benzene rings is 1. The number of nitrogens with zero attached hydrogens (tertiary/aromatic N) is 1. The van der Waals surface area contributed by atoms with Gasteiger partial charge >= 0.3 is 0 Å². The molecule has 0 spiro atoms. The molecule has 4 nitrogen and oxygen atoms in total. The standard InChI is InChI=1S/C11H11FN2O2/c1-2-15-9-4-3-7(5-8(9)12)10-6-14-11(13)16-10/h3-6H,2H2,1H3,(H2,13,14). The third kappa shape index (κ3) is 1.98. The van der Waals surface area contributed by atoms with E-state index in [1.165, 1.54) is 12.3 Å². The first-order valence-corrected chi connectivity index (χ1v) is 4.84. The predicted octanol–water partition coefficient (Wildman–Crippen LogP) is 2.46. The topological polar surface area (TPSA) is 61.3 Å². The number of hydrogen-bond acceptors (Lipinski definition) is 4. The molecule has 0 radical (unpaired) electrons. The van der Waals surface area contributed by atoms with E-state index in [-0.39, 0.29) is 11.8 Å². The van der Waals surface area contributed by atoms with Crippen LogP contribution in [0.15, 0.2) is 28.8 Å². The Kier molecular flexibility index (Phi) is 2.76. The molecule has 0 aliphatic rings. The van der Waals surface area contributed by atoms with Crippen LogP contribution in [0.2, 0.25) is 0 Å². The summed E-state index contributed by atoms with van der Waals surface area (Å²) in [4.78, 5) is 3.74. The smallest absolute Gasteiger partial charge is 0.292 e. The number of anilines is 1. The van der Waals surface area contributed by atoms with E-state index in [9.17, 15) is 4.39 Å². The SMILES string of the molecule is CCOc1ccc(-c2cnc(N)o2)cc1F. The molecule has 0 saturated heterocycles. The van der Waals surface area contributed by atoms with Crippen LogP contribution in [-0.4, -0.2) is 11.6 Å². The number of ether oxygens (including phenoxy) is 1. The fourth-order valence-corrected chi connectivity index (χ4v) is 1.35. The highest BCUT2D eigenvalue weighted by Crippen LogP contribution is 2.26. The predicted molar refractivity (Wildman–Crippen MR) is 57.5 cm³/mol. The molecular weight excluding hydrogens is 211 g/mol. The molecule has 0 saturated carbocycles. The van der Waals surface area contributed by atoms with E-state index >= 15 is 0 Å². The van der Waals surface area contributed by atoms with Crippen LogP contribution < -0.4 is 10.5 Å². The Morgan fingerprint density at radius 1 is 1.50 bits per heavy atom. The van der Waals surface area contributed by atoms with Crippen LogP contribution in [0, 0.1) is 5.82 Å². The molecule has 2 N–H and O–H groups in total. The lowest BCUT2D eigenvalue weighted by molar-refractivity contribution is 0.321. The molecule has 0 aliphatic heterocycles.